The van der Waals surface area contributed by atoms with E-state index in [0.29, 0.717) is 10.6 Å². The SMILES string of the molecule is Cc1c(C(=O)C(C)Oc2ccc(Cl)cc2Cl)c(O)n(Cc2ccc(F)cc2)c(=O)c1C#N. The molecule has 6 nitrogen and oxygen atoms in total. The van der Waals surface area contributed by atoms with E-state index in [1.165, 1.54) is 50.2 Å². The molecule has 0 aliphatic heterocycles. The number of halogens is 3. The number of Topliss-reactive ketones (excluding diaryl/α,β-unsaturated/α-hetero) is 1. The van der Waals surface area contributed by atoms with E-state index < -0.39 is 29.1 Å². The minimum atomic E-state index is -1.11. The number of hydrogen-bond donors (Lipinski definition) is 1. The molecule has 1 atom stereocenters. The van der Waals surface area contributed by atoms with Crippen molar-refractivity contribution in [3.8, 4) is 17.7 Å². The first-order chi connectivity index (χ1) is 15.1. The Labute approximate surface area is 193 Å². The Bertz CT molecular complexity index is 1300. The largest absolute Gasteiger partial charge is 0.494 e. The molecular formula is C23H17Cl2FN2O4. The molecule has 0 aliphatic carbocycles. The average Bonchev–Trinajstić information content (AvgIpc) is 2.74. The number of nitrogens with zero attached hydrogens (tertiary/aromatic N) is 2. The number of nitriles is 1. The van der Waals surface area contributed by atoms with Gasteiger partial charge in [0, 0.05) is 5.02 Å². The first-order valence-corrected chi connectivity index (χ1v) is 10.2. The zero-order valence-corrected chi connectivity index (χ0v) is 18.5. The second-order valence-corrected chi connectivity index (χ2v) is 7.87. The molecular weight excluding hydrogens is 458 g/mol. The van der Waals surface area contributed by atoms with Gasteiger partial charge in [-0.05, 0) is 55.3 Å². The highest BCUT2D eigenvalue weighted by atomic mass is 35.5. The topological polar surface area (TPSA) is 92.3 Å². The lowest BCUT2D eigenvalue weighted by atomic mass is 9.99. The van der Waals surface area contributed by atoms with Gasteiger partial charge in [-0.25, -0.2) is 4.39 Å². The van der Waals surface area contributed by atoms with Gasteiger partial charge in [0.05, 0.1) is 17.1 Å². The Hall–Kier alpha value is -3.34. The predicted molar refractivity (Wildman–Crippen MR) is 118 cm³/mol. The second kappa shape index (κ2) is 9.43. The fraction of sp³-hybridized carbons (Fsp3) is 0.174. The quantitative estimate of drug-likeness (QED) is 0.514. The van der Waals surface area contributed by atoms with Crippen molar-refractivity contribution in [2.24, 2.45) is 0 Å². The summed E-state index contributed by atoms with van der Waals surface area (Å²) in [5.41, 5.74) is -0.747. The van der Waals surface area contributed by atoms with Gasteiger partial charge in [0.15, 0.2) is 6.10 Å². The van der Waals surface area contributed by atoms with Crippen LogP contribution >= 0.6 is 23.2 Å². The van der Waals surface area contributed by atoms with Crippen molar-refractivity contribution in [1.29, 1.82) is 5.26 Å². The highest BCUT2D eigenvalue weighted by molar-refractivity contribution is 6.35. The Kier molecular flexibility index (Phi) is 6.87. The molecule has 9 heteroatoms. The summed E-state index contributed by atoms with van der Waals surface area (Å²) in [5, 5.41) is 20.9. The van der Waals surface area contributed by atoms with Crippen molar-refractivity contribution in [2.45, 2.75) is 26.5 Å². The number of pyridine rings is 1. The summed E-state index contributed by atoms with van der Waals surface area (Å²) in [7, 11) is 0. The molecule has 0 radical (unpaired) electrons. The van der Waals surface area contributed by atoms with Gasteiger partial charge in [0.25, 0.3) is 5.56 Å². The number of benzene rings is 2. The number of carbonyl (C=O) groups excluding carboxylic acids is 1. The van der Waals surface area contributed by atoms with Crippen molar-refractivity contribution in [2.75, 3.05) is 0 Å². The van der Waals surface area contributed by atoms with Gasteiger partial charge in [-0.2, -0.15) is 5.26 Å². The predicted octanol–water partition coefficient (Wildman–Crippen LogP) is 4.88. The van der Waals surface area contributed by atoms with Crippen LogP contribution in [0.3, 0.4) is 0 Å². The van der Waals surface area contributed by atoms with Gasteiger partial charge in [0.1, 0.15) is 23.2 Å². The van der Waals surface area contributed by atoms with Gasteiger partial charge in [-0.3, -0.25) is 14.2 Å². The lowest BCUT2D eigenvalue weighted by Crippen LogP contribution is -2.31. The summed E-state index contributed by atoms with van der Waals surface area (Å²) in [4.78, 5) is 25.9. The van der Waals surface area contributed by atoms with Crippen LogP contribution in [0.5, 0.6) is 11.6 Å². The van der Waals surface area contributed by atoms with Crippen LogP contribution in [-0.2, 0) is 6.54 Å². The summed E-state index contributed by atoms with van der Waals surface area (Å²) in [6, 6.07) is 11.6. The molecule has 0 saturated carbocycles. The maximum atomic E-state index is 13.2. The summed E-state index contributed by atoms with van der Waals surface area (Å²) in [6.45, 7) is 2.68. The molecule has 3 aromatic rings. The molecule has 1 heterocycles. The number of ketones is 1. The molecule has 0 fully saturated rings. The lowest BCUT2D eigenvalue weighted by Gasteiger charge is -2.19. The van der Waals surface area contributed by atoms with Crippen LogP contribution in [0.4, 0.5) is 4.39 Å². The molecule has 2 aromatic carbocycles. The van der Waals surface area contributed by atoms with Gasteiger partial charge in [-0.15, -0.1) is 0 Å². The van der Waals surface area contributed by atoms with E-state index in [9.17, 15) is 24.3 Å². The Balaban J connectivity index is 2.04. The molecule has 3 rings (SSSR count). The van der Waals surface area contributed by atoms with Gasteiger partial charge >= 0.3 is 0 Å². The van der Waals surface area contributed by atoms with Crippen LogP contribution < -0.4 is 10.3 Å². The first kappa shape index (κ1) is 23.3. The van der Waals surface area contributed by atoms with Crippen molar-refractivity contribution < 1.29 is 19.0 Å². The number of aromatic hydroxyl groups is 1. The monoisotopic (exact) mass is 474 g/mol. The highest BCUT2D eigenvalue weighted by Gasteiger charge is 2.28. The van der Waals surface area contributed by atoms with Crippen molar-refractivity contribution >= 4 is 29.0 Å². The van der Waals surface area contributed by atoms with Crippen molar-refractivity contribution in [3.05, 3.63) is 90.9 Å². The molecule has 0 spiro atoms. The number of carbonyl (C=O) groups is 1. The van der Waals surface area contributed by atoms with E-state index in [2.05, 4.69) is 0 Å². The van der Waals surface area contributed by atoms with Crippen LogP contribution in [0.2, 0.25) is 10.0 Å². The van der Waals surface area contributed by atoms with E-state index in [1.54, 1.807) is 12.1 Å². The summed E-state index contributed by atoms with van der Waals surface area (Å²) in [6.07, 6.45) is -1.11. The Morgan fingerprint density at radius 1 is 1.25 bits per heavy atom. The Morgan fingerprint density at radius 2 is 1.91 bits per heavy atom. The smallest absolute Gasteiger partial charge is 0.271 e. The maximum Gasteiger partial charge on any atom is 0.271 e. The average molecular weight is 475 g/mol. The summed E-state index contributed by atoms with van der Waals surface area (Å²) >= 11 is 12.0. The highest BCUT2D eigenvalue weighted by Crippen LogP contribution is 2.30. The van der Waals surface area contributed by atoms with Crippen molar-refractivity contribution in [1.82, 2.24) is 4.57 Å². The summed E-state index contributed by atoms with van der Waals surface area (Å²) < 4.78 is 19.7. The standard InChI is InChI=1S/C23H17Cl2FN2O4/c1-12-17(10-27)22(30)28(11-14-3-6-16(26)7-4-14)23(31)20(12)21(29)13(2)32-19-8-5-15(24)9-18(19)25/h3-9,13,31H,11H2,1-2H3. The molecule has 0 aliphatic rings. The number of aromatic nitrogens is 1. The van der Waals surface area contributed by atoms with E-state index in [0.717, 1.165) is 4.57 Å². The van der Waals surface area contributed by atoms with E-state index in [4.69, 9.17) is 27.9 Å². The van der Waals surface area contributed by atoms with Gasteiger partial charge in [-0.1, -0.05) is 35.3 Å². The number of ether oxygens (including phenoxy) is 1. The molecule has 0 saturated heterocycles. The summed E-state index contributed by atoms with van der Waals surface area (Å²) in [5.74, 6) is -1.53. The molecule has 0 amide bonds. The van der Waals surface area contributed by atoms with E-state index in [-0.39, 0.29) is 34.0 Å². The van der Waals surface area contributed by atoms with Crippen LogP contribution in [-0.4, -0.2) is 21.6 Å². The third kappa shape index (κ3) is 4.62. The zero-order chi connectivity index (χ0) is 23.6. The van der Waals surface area contributed by atoms with Crippen LogP contribution in [0, 0.1) is 24.1 Å². The normalized spacial score (nSPS) is 11.6. The first-order valence-electron chi connectivity index (χ1n) is 9.40. The second-order valence-electron chi connectivity index (χ2n) is 7.03. The number of hydrogen-bond acceptors (Lipinski definition) is 5. The van der Waals surface area contributed by atoms with E-state index >= 15 is 0 Å². The molecule has 0 bridgehead atoms. The van der Waals surface area contributed by atoms with E-state index in [1.807, 2.05) is 0 Å². The zero-order valence-electron chi connectivity index (χ0n) is 17.0. The van der Waals surface area contributed by atoms with Crippen LogP contribution in [0.25, 0.3) is 0 Å². The Morgan fingerprint density at radius 3 is 2.50 bits per heavy atom. The van der Waals surface area contributed by atoms with Gasteiger partial charge in [0.2, 0.25) is 11.7 Å². The minimum Gasteiger partial charge on any atom is -0.494 e. The third-order valence-corrected chi connectivity index (χ3v) is 5.40. The third-order valence-electron chi connectivity index (χ3n) is 4.87. The molecule has 1 aromatic heterocycles. The molecule has 1 N–H and O–H groups in total. The maximum absolute atomic E-state index is 13.2. The van der Waals surface area contributed by atoms with Crippen LogP contribution in [0.1, 0.15) is 34.0 Å². The fourth-order valence-corrected chi connectivity index (χ4v) is 3.64. The van der Waals surface area contributed by atoms with Crippen molar-refractivity contribution in [3.63, 3.8) is 0 Å². The molecule has 164 valence electrons. The fourth-order valence-electron chi connectivity index (χ4n) is 3.18. The van der Waals surface area contributed by atoms with Crippen LogP contribution in [0.15, 0.2) is 47.3 Å². The molecule has 32 heavy (non-hydrogen) atoms. The van der Waals surface area contributed by atoms with Gasteiger partial charge < -0.3 is 9.84 Å². The minimum absolute atomic E-state index is 0.0352. The molecule has 1 unspecified atom stereocenters. The lowest BCUT2D eigenvalue weighted by molar-refractivity contribution is 0.0813. The number of rotatable bonds is 6.